The van der Waals surface area contributed by atoms with Gasteiger partial charge in [0.25, 0.3) is 0 Å². The van der Waals surface area contributed by atoms with E-state index in [-0.39, 0.29) is 6.10 Å². The Kier molecular flexibility index (Phi) is 5.39. The molecule has 1 fully saturated rings. The average molecular weight is 343 g/mol. The zero-order valence-corrected chi connectivity index (χ0v) is 15.9. The molecule has 0 spiro atoms. The molecular formula is C19H29N5O. The zero-order chi connectivity index (χ0) is 18.0. The summed E-state index contributed by atoms with van der Waals surface area (Å²) in [4.78, 5) is 9.27. The fraction of sp³-hybridized carbons (Fsp3) is 0.579. The van der Waals surface area contributed by atoms with Crippen molar-refractivity contribution < 1.29 is 4.74 Å². The lowest BCUT2D eigenvalue weighted by molar-refractivity contribution is -0.0358. The first-order valence-corrected chi connectivity index (χ1v) is 8.96. The van der Waals surface area contributed by atoms with Gasteiger partial charge in [0.2, 0.25) is 0 Å². The number of hydrogen-bond donors (Lipinski definition) is 0. The normalized spacial score (nSPS) is 18.7. The molecule has 25 heavy (non-hydrogen) atoms. The Bertz CT molecular complexity index is 710. The number of pyridine rings is 1. The fourth-order valence-electron chi connectivity index (χ4n) is 3.28. The van der Waals surface area contributed by atoms with Crippen LogP contribution in [0.4, 0.5) is 5.69 Å². The van der Waals surface area contributed by atoms with Crippen molar-refractivity contribution in [2.24, 2.45) is 0 Å². The molecular weight excluding hydrogens is 314 g/mol. The van der Waals surface area contributed by atoms with Crippen molar-refractivity contribution in [3.63, 3.8) is 0 Å². The molecule has 1 aliphatic rings. The van der Waals surface area contributed by atoms with Crippen LogP contribution in [0.2, 0.25) is 0 Å². The van der Waals surface area contributed by atoms with Crippen molar-refractivity contribution in [3.8, 4) is 0 Å². The van der Waals surface area contributed by atoms with Gasteiger partial charge in [-0.3, -0.25) is 14.6 Å². The van der Waals surface area contributed by atoms with Crippen molar-refractivity contribution in [1.82, 2.24) is 19.7 Å². The van der Waals surface area contributed by atoms with Crippen LogP contribution in [0.5, 0.6) is 0 Å². The van der Waals surface area contributed by atoms with Crippen LogP contribution >= 0.6 is 0 Å². The summed E-state index contributed by atoms with van der Waals surface area (Å²) in [6.07, 6.45) is 1.90. The number of aromatic nitrogens is 3. The third kappa shape index (κ3) is 4.19. The summed E-state index contributed by atoms with van der Waals surface area (Å²) in [6.45, 7) is 9.78. The quantitative estimate of drug-likeness (QED) is 0.835. The van der Waals surface area contributed by atoms with Crippen molar-refractivity contribution in [1.29, 1.82) is 0 Å². The van der Waals surface area contributed by atoms with Gasteiger partial charge in [0.1, 0.15) is 6.10 Å². The summed E-state index contributed by atoms with van der Waals surface area (Å²) in [7, 11) is 4.11. The highest BCUT2D eigenvalue weighted by atomic mass is 16.5. The van der Waals surface area contributed by atoms with E-state index < -0.39 is 0 Å². The van der Waals surface area contributed by atoms with E-state index in [1.807, 2.05) is 13.1 Å². The third-order valence-corrected chi connectivity index (χ3v) is 4.58. The van der Waals surface area contributed by atoms with Gasteiger partial charge in [0.05, 0.1) is 18.0 Å². The van der Waals surface area contributed by atoms with Gasteiger partial charge in [-0.1, -0.05) is 0 Å². The first kappa shape index (κ1) is 17.9. The SMILES string of the molecule is Cc1cc(N(C)C)cc(C2CN(Cc3ccnn3C(C)C)CCO2)n1. The smallest absolute Gasteiger partial charge is 0.112 e. The maximum absolute atomic E-state index is 6.04. The summed E-state index contributed by atoms with van der Waals surface area (Å²) >= 11 is 0. The maximum atomic E-state index is 6.04. The Morgan fingerprint density at radius 3 is 2.84 bits per heavy atom. The predicted octanol–water partition coefficient (Wildman–Crippen LogP) is 2.81. The Labute approximate surface area is 150 Å². The number of hydrogen-bond acceptors (Lipinski definition) is 5. The van der Waals surface area contributed by atoms with E-state index in [0.29, 0.717) is 6.04 Å². The van der Waals surface area contributed by atoms with E-state index in [1.54, 1.807) is 0 Å². The number of rotatable bonds is 5. The largest absolute Gasteiger partial charge is 0.378 e. The molecule has 6 heteroatoms. The number of morpholine rings is 1. The lowest BCUT2D eigenvalue weighted by atomic mass is 10.1. The lowest BCUT2D eigenvalue weighted by Gasteiger charge is -2.33. The van der Waals surface area contributed by atoms with Gasteiger partial charge in [0, 0.05) is 57.3 Å². The van der Waals surface area contributed by atoms with Gasteiger partial charge in [-0.05, 0) is 39.0 Å². The Balaban J connectivity index is 1.74. The third-order valence-electron chi connectivity index (χ3n) is 4.58. The first-order chi connectivity index (χ1) is 11.9. The molecule has 1 saturated heterocycles. The second-order valence-electron chi connectivity index (χ2n) is 7.24. The second-order valence-corrected chi connectivity index (χ2v) is 7.24. The van der Waals surface area contributed by atoms with E-state index in [1.165, 1.54) is 11.4 Å². The van der Waals surface area contributed by atoms with Crippen LogP contribution in [0, 0.1) is 6.92 Å². The Hall–Kier alpha value is -1.92. The van der Waals surface area contributed by atoms with Gasteiger partial charge >= 0.3 is 0 Å². The number of aryl methyl sites for hydroxylation is 1. The van der Waals surface area contributed by atoms with Gasteiger partial charge in [-0.25, -0.2) is 0 Å². The van der Waals surface area contributed by atoms with Gasteiger partial charge < -0.3 is 9.64 Å². The molecule has 0 radical (unpaired) electrons. The molecule has 3 heterocycles. The van der Waals surface area contributed by atoms with E-state index in [0.717, 1.165) is 37.6 Å². The second kappa shape index (κ2) is 7.54. The molecule has 6 nitrogen and oxygen atoms in total. The average Bonchev–Trinajstić information content (AvgIpc) is 3.03. The zero-order valence-electron chi connectivity index (χ0n) is 15.9. The molecule has 0 N–H and O–H groups in total. The monoisotopic (exact) mass is 343 g/mol. The minimum Gasteiger partial charge on any atom is -0.378 e. The molecule has 1 atom stereocenters. The van der Waals surface area contributed by atoms with Crippen LogP contribution in [0.15, 0.2) is 24.4 Å². The summed E-state index contributed by atoms with van der Waals surface area (Å²) < 4.78 is 8.13. The van der Waals surface area contributed by atoms with Crippen LogP contribution in [0.25, 0.3) is 0 Å². The van der Waals surface area contributed by atoms with Gasteiger partial charge in [-0.2, -0.15) is 5.10 Å². The Morgan fingerprint density at radius 1 is 1.32 bits per heavy atom. The minimum absolute atomic E-state index is 0.0165. The van der Waals surface area contributed by atoms with Crippen molar-refractivity contribution in [2.45, 2.75) is 39.5 Å². The van der Waals surface area contributed by atoms with Crippen molar-refractivity contribution in [2.75, 3.05) is 38.7 Å². The maximum Gasteiger partial charge on any atom is 0.112 e. The minimum atomic E-state index is 0.0165. The van der Waals surface area contributed by atoms with E-state index in [2.05, 4.69) is 65.7 Å². The lowest BCUT2D eigenvalue weighted by Crippen LogP contribution is -2.38. The van der Waals surface area contributed by atoms with E-state index in [9.17, 15) is 0 Å². The van der Waals surface area contributed by atoms with Crippen LogP contribution in [-0.2, 0) is 11.3 Å². The van der Waals surface area contributed by atoms with E-state index >= 15 is 0 Å². The highest BCUT2D eigenvalue weighted by molar-refractivity contribution is 5.47. The van der Waals surface area contributed by atoms with Crippen molar-refractivity contribution in [3.05, 3.63) is 41.5 Å². The summed E-state index contributed by atoms with van der Waals surface area (Å²) in [5.41, 5.74) is 4.47. The topological polar surface area (TPSA) is 46.4 Å². The summed E-state index contributed by atoms with van der Waals surface area (Å²) in [5.74, 6) is 0. The van der Waals surface area contributed by atoms with Crippen molar-refractivity contribution >= 4 is 5.69 Å². The molecule has 0 saturated carbocycles. The van der Waals surface area contributed by atoms with Crippen LogP contribution < -0.4 is 4.90 Å². The molecule has 0 bridgehead atoms. The molecule has 1 unspecified atom stereocenters. The van der Waals surface area contributed by atoms with Crippen LogP contribution in [0.1, 0.15) is 43.1 Å². The highest BCUT2D eigenvalue weighted by Crippen LogP contribution is 2.25. The molecule has 0 amide bonds. The van der Waals surface area contributed by atoms with E-state index in [4.69, 9.17) is 9.72 Å². The number of anilines is 1. The number of nitrogens with zero attached hydrogens (tertiary/aromatic N) is 5. The molecule has 3 rings (SSSR count). The summed E-state index contributed by atoms with van der Waals surface area (Å²) in [5, 5.41) is 4.44. The molecule has 2 aromatic rings. The standard InChI is InChI=1S/C19H29N5O/c1-14(2)24-16(6-7-20-24)12-23-8-9-25-19(13-23)18-11-17(22(4)5)10-15(3)21-18/h6-7,10-11,14,19H,8-9,12-13H2,1-5H3. The highest BCUT2D eigenvalue weighted by Gasteiger charge is 2.24. The molecule has 136 valence electrons. The van der Waals surface area contributed by atoms with Crippen LogP contribution in [-0.4, -0.2) is 53.5 Å². The molecule has 2 aromatic heterocycles. The fourth-order valence-corrected chi connectivity index (χ4v) is 3.28. The summed E-state index contributed by atoms with van der Waals surface area (Å²) in [6, 6.07) is 6.73. The first-order valence-electron chi connectivity index (χ1n) is 8.96. The van der Waals surface area contributed by atoms with Gasteiger partial charge in [0.15, 0.2) is 0 Å². The van der Waals surface area contributed by atoms with Crippen LogP contribution in [0.3, 0.4) is 0 Å². The molecule has 0 aliphatic carbocycles. The predicted molar refractivity (Wildman–Crippen MR) is 99.9 cm³/mol. The Morgan fingerprint density at radius 2 is 2.12 bits per heavy atom. The molecule has 0 aromatic carbocycles. The number of ether oxygens (including phenoxy) is 1. The molecule has 1 aliphatic heterocycles. The van der Waals surface area contributed by atoms with Gasteiger partial charge in [-0.15, -0.1) is 0 Å².